The monoisotopic (exact) mass is 527 g/mol. The van der Waals surface area contributed by atoms with Crippen LogP contribution in [0.2, 0.25) is 10.0 Å². The third-order valence-electron chi connectivity index (χ3n) is 4.20. The highest BCUT2D eigenvalue weighted by Gasteiger charge is 2.26. The van der Waals surface area contributed by atoms with Crippen molar-refractivity contribution in [1.29, 1.82) is 0 Å². The smallest absolute Gasteiger partial charge is 0.329 e. The molecule has 2 N–H and O–H groups in total. The van der Waals surface area contributed by atoms with Crippen LogP contribution < -0.4 is 20.2 Å². The fourth-order valence-corrected chi connectivity index (χ4v) is 3.44. The Morgan fingerprint density at radius 2 is 1.94 bits per heavy atom. The second kappa shape index (κ2) is 10.8. The van der Waals surface area contributed by atoms with Crippen LogP contribution in [0.25, 0.3) is 0 Å². The minimum absolute atomic E-state index is 0.100. The molecule has 1 saturated carbocycles. The van der Waals surface area contributed by atoms with Crippen molar-refractivity contribution in [3.8, 4) is 11.5 Å². The second-order valence-electron chi connectivity index (χ2n) is 6.75. The summed E-state index contributed by atoms with van der Waals surface area (Å²) < 4.78 is 12.3. The summed E-state index contributed by atoms with van der Waals surface area (Å²) in [5, 5.41) is 7.36. The van der Waals surface area contributed by atoms with Crippen molar-refractivity contribution in [3.63, 3.8) is 0 Å². The van der Waals surface area contributed by atoms with E-state index >= 15 is 0 Å². The van der Waals surface area contributed by atoms with E-state index in [-0.39, 0.29) is 12.6 Å². The number of halogens is 3. The fraction of sp³-hybridized carbons (Fsp3) is 0.286. The van der Waals surface area contributed by atoms with Crippen LogP contribution in [0.5, 0.6) is 11.5 Å². The first-order valence-electron chi connectivity index (χ1n) is 9.54. The van der Waals surface area contributed by atoms with Gasteiger partial charge in [0.1, 0.15) is 6.61 Å². The van der Waals surface area contributed by atoms with Crippen LogP contribution in [-0.2, 0) is 16.2 Å². The lowest BCUT2D eigenvalue weighted by Gasteiger charge is -2.15. The van der Waals surface area contributed by atoms with Gasteiger partial charge in [-0.05, 0) is 71.1 Å². The molecule has 0 heterocycles. The molecular weight excluding hydrogens is 509 g/mol. The zero-order valence-corrected chi connectivity index (χ0v) is 19.7. The van der Waals surface area contributed by atoms with Crippen LogP contribution >= 0.6 is 39.1 Å². The number of carbonyl (C=O) groups excluding carboxylic acids is 2. The Labute approximate surface area is 198 Å². The van der Waals surface area contributed by atoms with Crippen LogP contribution in [0.15, 0.2) is 39.9 Å². The summed E-state index contributed by atoms with van der Waals surface area (Å²) >= 11 is 15.5. The highest BCUT2D eigenvalue weighted by Crippen LogP contribution is 2.37. The number of nitrogens with zero attached hydrogens (tertiary/aromatic N) is 1. The van der Waals surface area contributed by atoms with Crippen molar-refractivity contribution in [2.24, 2.45) is 5.10 Å². The van der Waals surface area contributed by atoms with Crippen LogP contribution in [0, 0.1) is 0 Å². The third-order valence-corrected chi connectivity index (χ3v) is 5.53. The van der Waals surface area contributed by atoms with E-state index in [1.807, 2.05) is 13.0 Å². The van der Waals surface area contributed by atoms with Crippen LogP contribution in [0.3, 0.4) is 0 Å². The predicted octanol–water partition coefficient (Wildman–Crippen LogP) is 4.46. The zero-order chi connectivity index (χ0) is 22.4. The highest BCUT2D eigenvalue weighted by atomic mass is 79.9. The number of carbonyl (C=O) groups is 2. The Morgan fingerprint density at radius 3 is 2.61 bits per heavy atom. The van der Waals surface area contributed by atoms with E-state index in [4.69, 9.17) is 32.7 Å². The first-order valence-corrected chi connectivity index (χ1v) is 11.1. The summed E-state index contributed by atoms with van der Waals surface area (Å²) in [7, 11) is 0. The normalized spacial score (nSPS) is 13.2. The number of hydrogen-bond acceptors (Lipinski definition) is 5. The molecule has 0 aliphatic heterocycles. The summed E-state index contributed by atoms with van der Waals surface area (Å²) in [5.74, 6) is -0.496. The van der Waals surface area contributed by atoms with Crippen molar-refractivity contribution in [2.45, 2.75) is 32.4 Å². The topological polar surface area (TPSA) is 89.0 Å². The quantitative estimate of drug-likeness (QED) is 0.300. The average Bonchev–Trinajstić information content (AvgIpc) is 3.54. The van der Waals surface area contributed by atoms with Crippen molar-refractivity contribution in [3.05, 3.63) is 56.0 Å². The van der Waals surface area contributed by atoms with E-state index in [0.29, 0.717) is 38.2 Å². The average molecular weight is 529 g/mol. The van der Waals surface area contributed by atoms with Gasteiger partial charge in [0.15, 0.2) is 11.5 Å². The zero-order valence-electron chi connectivity index (χ0n) is 16.6. The molecule has 164 valence electrons. The molecule has 0 radical (unpaired) electrons. The molecule has 2 aromatic rings. The Bertz CT molecular complexity index is 1010. The van der Waals surface area contributed by atoms with Gasteiger partial charge in [0.2, 0.25) is 0 Å². The molecular formula is C21H20BrCl2N3O4. The second-order valence-corrected chi connectivity index (χ2v) is 8.42. The van der Waals surface area contributed by atoms with E-state index < -0.39 is 11.8 Å². The minimum Gasteiger partial charge on any atom is -0.490 e. The molecule has 1 fully saturated rings. The summed E-state index contributed by atoms with van der Waals surface area (Å²) in [6.45, 7) is 2.54. The number of hydrazone groups is 1. The number of ether oxygens (including phenoxy) is 2. The van der Waals surface area contributed by atoms with Gasteiger partial charge < -0.3 is 14.8 Å². The van der Waals surface area contributed by atoms with Gasteiger partial charge in [-0.15, -0.1) is 0 Å². The summed E-state index contributed by atoms with van der Waals surface area (Å²) in [6.07, 6.45) is 3.21. The van der Waals surface area contributed by atoms with Crippen LogP contribution in [0.1, 0.15) is 30.9 Å². The Hall–Kier alpha value is -2.29. The Morgan fingerprint density at radius 1 is 1.16 bits per heavy atom. The molecule has 3 rings (SSSR count). The van der Waals surface area contributed by atoms with Gasteiger partial charge in [-0.25, -0.2) is 5.43 Å². The van der Waals surface area contributed by atoms with E-state index in [1.54, 1.807) is 24.3 Å². The molecule has 1 aliphatic rings. The molecule has 0 spiro atoms. The maximum Gasteiger partial charge on any atom is 0.329 e. The van der Waals surface area contributed by atoms with Crippen molar-refractivity contribution >= 4 is 57.2 Å². The third kappa shape index (κ3) is 6.85. The Balaban J connectivity index is 1.67. The minimum atomic E-state index is -0.811. The SMILES string of the molecule is CCOc1cc(/C=N\NC(=O)C(=O)NC2CC2)cc(Br)c1OCc1ccc(Cl)c(Cl)c1. The van der Waals surface area contributed by atoms with Gasteiger partial charge in [0.05, 0.1) is 27.3 Å². The van der Waals surface area contributed by atoms with Crippen LogP contribution in [-0.4, -0.2) is 30.7 Å². The lowest BCUT2D eigenvalue weighted by atomic mass is 10.2. The standard InChI is InChI=1S/C21H20BrCl2N3O4/c1-2-30-18-9-13(10-25-27-21(29)20(28)26-14-4-5-14)7-15(22)19(18)31-11-12-3-6-16(23)17(24)8-12/h3,6-10,14H,2,4-5,11H2,1H3,(H,26,28)(H,27,29)/b25-10-. The number of hydrogen-bond donors (Lipinski definition) is 2. The molecule has 2 amide bonds. The molecule has 0 aromatic heterocycles. The van der Waals surface area contributed by atoms with Gasteiger partial charge in [-0.3, -0.25) is 9.59 Å². The maximum absolute atomic E-state index is 11.7. The number of nitrogens with one attached hydrogen (secondary N) is 2. The number of amides is 2. The maximum atomic E-state index is 11.7. The summed E-state index contributed by atoms with van der Waals surface area (Å²) in [6, 6.07) is 8.85. The van der Waals surface area contributed by atoms with Crippen molar-refractivity contribution in [2.75, 3.05) is 6.61 Å². The molecule has 31 heavy (non-hydrogen) atoms. The van der Waals surface area contributed by atoms with Gasteiger partial charge >= 0.3 is 11.8 Å². The lowest BCUT2D eigenvalue weighted by Crippen LogP contribution is -2.38. The van der Waals surface area contributed by atoms with Gasteiger partial charge in [0.25, 0.3) is 0 Å². The van der Waals surface area contributed by atoms with E-state index in [1.165, 1.54) is 6.21 Å². The Kier molecular flexibility index (Phi) is 8.17. The number of rotatable bonds is 8. The highest BCUT2D eigenvalue weighted by molar-refractivity contribution is 9.10. The molecule has 0 bridgehead atoms. The molecule has 0 atom stereocenters. The van der Waals surface area contributed by atoms with E-state index in [0.717, 1.165) is 18.4 Å². The van der Waals surface area contributed by atoms with Gasteiger partial charge in [-0.1, -0.05) is 29.3 Å². The van der Waals surface area contributed by atoms with Gasteiger partial charge in [-0.2, -0.15) is 5.10 Å². The summed E-state index contributed by atoms with van der Waals surface area (Å²) in [5.41, 5.74) is 3.70. The largest absolute Gasteiger partial charge is 0.490 e. The van der Waals surface area contributed by atoms with E-state index in [9.17, 15) is 9.59 Å². The number of benzene rings is 2. The lowest BCUT2D eigenvalue weighted by molar-refractivity contribution is -0.139. The molecule has 0 unspecified atom stereocenters. The molecule has 0 saturated heterocycles. The molecule has 2 aromatic carbocycles. The van der Waals surface area contributed by atoms with Crippen molar-refractivity contribution < 1.29 is 19.1 Å². The van der Waals surface area contributed by atoms with Gasteiger partial charge in [0, 0.05) is 6.04 Å². The molecule has 1 aliphatic carbocycles. The predicted molar refractivity (Wildman–Crippen MR) is 123 cm³/mol. The van der Waals surface area contributed by atoms with Crippen molar-refractivity contribution in [1.82, 2.24) is 10.7 Å². The van der Waals surface area contributed by atoms with Crippen LogP contribution in [0.4, 0.5) is 0 Å². The fourth-order valence-electron chi connectivity index (χ4n) is 2.55. The molecule has 10 heteroatoms. The molecule has 7 nitrogen and oxygen atoms in total. The van der Waals surface area contributed by atoms with E-state index in [2.05, 4.69) is 31.8 Å². The summed E-state index contributed by atoms with van der Waals surface area (Å²) in [4.78, 5) is 23.4. The first-order chi connectivity index (χ1) is 14.9. The first kappa shape index (κ1) is 23.4.